The topological polar surface area (TPSA) is 67.8 Å². The van der Waals surface area contributed by atoms with Crippen LogP contribution in [0.5, 0.6) is 0 Å². The summed E-state index contributed by atoms with van der Waals surface area (Å²) in [5.74, 6) is -0.170. The Balaban J connectivity index is 1.80. The molecular formula is C19H13Cl2N3O2. The smallest absolute Gasteiger partial charge is 0.261 e. The first-order valence-corrected chi connectivity index (χ1v) is 8.66. The maximum Gasteiger partial charge on any atom is 0.261 e. The first-order valence-electron chi connectivity index (χ1n) is 7.90. The predicted octanol–water partition coefficient (Wildman–Crippen LogP) is 4.38. The summed E-state index contributed by atoms with van der Waals surface area (Å²) < 4.78 is 1.28. The second-order valence-electron chi connectivity index (χ2n) is 6.06. The van der Waals surface area contributed by atoms with Crippen molar-refractivity contribution in [1.29, 1.82) is 0 Å². The van der Waals surface area contributed by atoms with Crippen molar-refractivity contribution in [1.82, 2.24) is 14.5 Å². The number of hydrogen-bond acceptors (Lipinski definition) is 3. The average Bonchev–Trinajstić information content (AvgIpc) is 2.93. The molecule has 0 radical (unpaired) electrons. The summed E-state index contributed by atoms with van der Waals surface area (Å²) in [4.78, 5) is 33.0. The number of H-pyrrole nitrogens is 1. The van der Waals surface area contributed by atoms with E-state index in [1.54, 1.807) is 0 Å². The van der Waals surface area contributed by atoms with Crippen LogP contribution >= 0.6 is 23.2 Å². The fourth-order valence-corrected chi connectivity index (χ4v) is 3.72. The third kappa shape index (κ3) is 2.69. The summed E-state index contributed by atoms with van der Waals surface area (Å²) >= 11 is 12.1. The van der Waals surface area contributed by atoms with Crippen LogP contribution < -0.4 is 5.56 Å². The number of aryl methyl sites for hydroxylation is 1. The van der Waals surface area contributed by atoms with E-state index in [4.69, 9.17) is 23.2 Å². The number of benzene rings is 2. The highest BCUT2D eigenvalue weighted by Gasteiger charge is 2.18. The number of hydrogen-bond donors (Lipinski definition) is 1. The van der Waals surface area contributed by atoms with Crippen LogP contribution in [0.25, 0.3) is 21.8 Å². The molecule has 0 spiro atoms. The lowest BCUT2D eigenvalue weighted by Gasteiger charge is -2.07. The minimum atomic E-state index is -0.356. The monoisotopic (exact) mass is 385 g/mol. The van der Waals surface area contributed by atoms with Crippen LogP contribution in [0.2, 0.25) is 10.0 Å². The number of Topliss-reactive ketones (excluding diaryl/α,β-unsaturated/α-hetero) is 1. The molecule has 4 aromatic rings. The Morgan fingerprint density at radius 3 is 2.77 bits per heavy atom. The molecule has 0 saturated carbocycles. The molecule has 0 aliphatic rings. The Hall–Kier alpha value is -2.63. The summed E-state index contributed by atoms with van der Waals surface area (Å²) in [6.07, 6.45) is 1.34. The molecule has 26 heavy (non-hydrogen) atoms. The lowest BCUT2D eigenvalue weighted by atomic mass is 10.1. The number of halogens is 2. The summed E-state index contributed by atoms with van der Waals surface area (Å²) in [5, 5.41) is 1.77. The molecule has 1 N–H and O–H groups in total. The van der Waals surface area contributed by atoms with Crippen molar-refractivity contribution in [3.05, 3.63) is 74.4 Å². The molecule has 0 bridgehead atoms. The van der Waals surface area contributed by atoms with E-state index >= 15 is 0 Å². The third-order valence-electron chi connectivity index (χ3n) is 4.33. The third-order valence-corrected chi connectivity index (χ3v) is 4.84. The number of para-hydroxylation sites is 1. The van der Waals surface area contributed by atoms with Gasteiger partial charge in [0.25, 0.3) is 5.56 Å². The molecule has 0 amide bonds. The van der Waals surface area contributed by atoms with Gasteiger partial charge in [0, 0.05) is 27.2 Å². The van der Waals surface area contributed by atoms with Gasteiger partial charge in [-0.15, -0.1) is 0 Å². The van der Waals surface area contributed by atoms with E-state index in [1.807, 2.05) is 31.2 Å². The zero-order valence-corrected chi connectivity index (χ0v) is 15.2. The van der Waals surface area contributed by atoms with Crippen LogP contribution in [-0.4, -0.2) is 20.3 Å². The SMILES string of the molecule is Cc1[nH]c2ccccc2c1C(=O)Cn1cnc2c(Cl)cc(Cl)cc2c1=O. The van der Waals surface area contributed by atoms with Crippen LogP contribution in [0.4, 0.5) is 0 Å². The van der Waals surface area contributed by atoms with Crippen LogP contribution in [0.3, 0.4) is 0 Å². The molecule has 0 atom stereocenters. The van der Waals surface area contributed by atoms with Gasteiger partial charge in [-0.05, 0) is 25.1 Å². The van der Waals surface area contributed by atoms with E-state index in [1.165, 1.54) is 23.0 Å². The Bertz CT molecular complexity index is 1240. The maximum absolute atomic E-state index is 12.9. The highest BCUT2D eigenvalue weighted by molar-refractivity contribution is 6.38. The normalized spacial score (nSPS) is 11.3. The Kier molecular flexibility index (Phi) is 4.05. The van der Waals surface area contributed by atoms with Crippen molar-refractivity contribution in [2.45, 2.75) is 13.5 Å². The van der Waals surface area contributed by atoms with Gasteiger partial charge >= 0.3 is 0 Å². The van der Waals surface area contributed by atoms with Gasteiger partial charge in [0.05, 0.1) is 28.8 Å². The molecule has 2 aromatic carbocycles. The Morgan fingerprint density at radius 2 is 1.96 bits per heavy atom. The largest absolute Gasteiger partial charge is 0.358 e. The number of carbonyl (C=O) groups excluding carboxylic acids is 1. The van der Waals surface area contributed by atoms with E-state index in [0.29, 0.717) is 21.1 Å². The Labute approximate surface area is 158 Å². The number of aromatic nitrogens is 3. The van der Waals surface area contributed by atoms with Gasteiger partial charge in [-0.1, -0.05) is 41.4 Å². The molecule has 0 fully saturated rings. The highest BCUT2D eigenvalue weighted by Crippen LogP contribution is 2.25. The average molecular weight is 386 g/mol. The van der Waals surface area contributed by atoms with Gasteiger partial charge in [-0.2, -0.15) is 0 Å². The van der Waals surface area contributed by atoms with Gasteiger partial charge in [0.15, 0.2) is 5.78 Å². The van der Waals surface area contributed by atoms with Crippen molar-refractivity contribution in [3.8, 4) is 0 Å². The van der Waals surface area contributed by atoms with Gasteiger partial charge in [0.2, 0.25) is 0 Å². The van der Waals surface area contributed by atoms with Gasteiger partial charge < -0.3 is 4.98 Å². The van der Waals surface area contributed by atoms with E-state index in [2.05, 4.69) is 9.97 Å². The summed E-state index contributed by atoms with van der Waals surface area (Å²) in [5.41, 5.74) is 2.25. The first-order chi connectivity index (χ1) is 12.5. The molecular weight excluding hydrogens is 373 g/mol. The minimum absolute atomic E-state index is 0.116. The zero-order chi connectivity index (χ0) is 18.4. The van der Waals surface area contributed by atoms with Crippen molar-refractivity contribution in [3.63, 3.8) is 0 Å². The molecule has 0 aliphatic carbocycles. The number of rotatable bonds is 3. The molecule has 0 saturated heterocycles. The summed E-state index contributed by atoms with van der Waals surface area (Å²) in [7, 11) is 0. The molecule has 5 nitrogen and oxygen atoms in total. The fourth-order valence-electron chi connectivity index (χ4n) is 3.18. The van der Waals surface area contributed by atoms with Crippen LogP contribution in [0, 0.1) is 6.92 Å². The summed E-state index contributed by atoms with van der Waals surface area (Å²) in [6, 6.07) is 10.6. The number of nitrogens with one attached hydrogen (secondary N) is 1. The van der Waals surface area contributed by atoms with Crippen LogP contribution in [0.15, 0.2) is 47.5 Å². The molecule has 4 rings (SSSR count). The quantitative estimate of drug-likeness (QED) is 0.532. The van der Waals surface area contributed by atoms with Gasteiger partial charge in [-0.25, -0.2) is 4.98 Å². The van der Waals surface area contributed by atoms with Crippen molar-refractivity contribution in [2.75, 3.05) is 0 Å². The number of carbonyl (C=O) groups is 1. The minimum Gasteiger partial charge on any atom is -0.358 e. The van der Waals surface area contributed by atoms with E-state index < -0.39 is 0 Å². The molecule has 7 heteroatoms. The van der Waals surface area contributed by atoms with Crippen LogP contribution in [-0.2, 0) is 6.54 Å². The second-order valence-corrected chi connectivity index (χ2v) is 6.90. The molecule has 2 aromatic heterocycles. The molecule has 130 valence electrons. The van der Waals surface area contributed by atoms with Crippen LogP contribution in [0.1, 0.15) is 16.1 Å². The maximum atomic E-state index is 12.9. The molecule has 0 unspecified atom stereocenters. The van der Waals surface area contributed by atoms with Gasteiger partial charge in [0.1, 0.15) is 0 Å². The molecule has 2 heterocycles. The van der Waals surface area contributed by atoms with Crippen molar-refractivity contribution in [2.24, 2.45) is 0 Å². The lowest BCUT2D eigenvalue weighted by Crippen LogP contribution is -2.25. The van der Waals surface area contributed by atoms with E-state index in [9.17, 15) is 9.59 Å². The van der Waals surface area contributed by atoms with Gasteiger partial charge in [-0.3, -0.25) is 14.2 Å². The highest BCUT2D eigenvalue weighted by atomic mass is 35.5. The first kappa shape index (κ1) is 16.8. The number of aromatic amines is 1. The standard InChI is InChI=1S/C19H13Cl2N3O2/c1-10-17(12-4-2-3-5-15(12)23-10)16(25)8-24-9-22-18-13(19(24)26)6-11(20)7-14(18)21/h2-7,9,23H,8H2,1H3. The predicted molar refractivity (Wildman–Crippen MR) is 103 cm³/mol. The summed E-state index contributed by atoms with van der Waals surface area (Å²) in [6.45, 7) is 1.72. The Morgan fingerprint density at radius 1 is 1.19 bits per heavy atom. The number of fused-ring (bicyclic) bond motifs is 2. The fraction of sp³-hybridized carbons (Fsp3) is 0.105. The zero-order valence-electron chi connectivity index (χ0n) is 13.7. The molecule has 0 aliphatic heterocycles. The number of ketones is 1. The van der Waals surface area contributed by atoms with E-state index in [-0.39, 0.29) is 23.3 Å². The second kappa shape index (κ2) is 6.27. The van der Waals surface area contributed by atoms with Crippen molar-refractivity contribution >= 4 is 50.8 Å². The van der Waals surface area contributed by atoms with E-state index in [0.717, 1.165) is 16.6 Å². The van der Waals surface area contributed by atoms with Crippen molar-refractivity contribution < 1.29 is 4.79 Å². The lowest BCUT2D eigenvalue weighted by molar-refractivity contribution is 0.0971. The number of nitrogens with zero attached hydrogens (tertiary/aromatic N) is 2.